The molecule has 208 valence electrons. The molecular weight excluding hydrogens is 518 g/mol. The van der Waals surface area contributed by atoms with Crippen molar-refractivity contribution < 1.29 is 0 Å². The number of benzene rings is 6. The van der Waals surface area contributed by atoms with E-state index in [2.05, 4.69) is 172 Å². The molecule has 1 nitrogen and oxygen atoms in total. The Hall–Kier alpha value is -4.88. The molecule has 0 amide bonds. The molecular formula is C42H35N. The van der Waals surface area contributed by atoms with E-state index in [0.29, 0.717) is 0 Å². The minimum atomic E-state index is -0.158. The van der Waals surface area contributed by atoms with E-state index in [4.69, 9.17) is 0 Å². The first-order valence-corrected chi connectivity index (χ1v) is 15.3. The van der Waals surface area contributed by atoms with Crippen molar-refractivity contribution in [1.29, 1.82) is 0 Å². The number of nitrogens with zero attached hydrogens (tertiary/aromatic N) is 1. The molecule has 0 bridgehead atoms. The Morgan fingerprint density at radius 3 is 1.42 bits per heavy atom. The van der Waals surface area contributed by atoms with Crippen molar-refractivity contribution in [2.45, 2.75) is 38.5 Å². The van der Waals surface area contributed by atoms with Crippen LogP contribution in [0.5, 0.6) is 0 Å². The summed E-state index contributed by atoms with van der Waals surface area (Å²) in [7, 11) is 0. The summed E-state index contributed by atoms with van der Waals surface area (Å²) >= 11 is 0. The fourth-order valence-electron chi connectivity index (χ4n) is 7.45. The third-order valence-electron chi connectivity index (χ3n) is 9.82. The summed E-state index contributed by atoms with van der Waals surface area (Å²) in [6, 6.07) is 51.5. The maximum atomic E-state index is 2.53. The van der Waals surface area contributed by atoms with Crippen molar-refractivity contribution in [3.05, 3.63) is 162 Å². The van der Waals surface area contributed by atoms with Crippen molar-refractivity contribution in [3.63, 3.8) is 0 Å². The highest BCUT2D eigenvalue weighted by molar-refractivity contribution is 5.94. The van der Waals surface area contributed by atoms with Gasteiger partial charge >= 0.3 is 0 Å². The van der Waals surface area contributed by atoms with Crippen LogP contribution in [0, 0.1) is 0 Å². The fourth-order valence-corrected chi connectivity index (χ4v) is 7.45. The quantitative estimate of drug-likeness (QED) is 0.211. The lowest BCUT2D eigenvalue weighted by atomic mass is 9.66. The van der Waals surface area contributed by atoms with E-state index in [1.165, 1.54) is 72.7 Å². The van der Waals surface area contributed by atoms with Gasteiger partial charge in [0, 0.05) is 10.8 Å². The van der Waals surface area contributed by atoms with Crippen molar-refractivity contribution in [1.82, 2.24) is 0 Å². The molecule has 43 heavy (non-hydrogen) atoms. The van der Waals surface area contributed by atoms with Gasteiger partial charge in [-0.15, -0.1) is 0 Å². The van der Waals surface area contributed by atoms with Gasteiger partial charge in [-0.25, -0.2) is 0 Å². The molecule has 0 radical (unpaired) electrons. The molecule has 0 N–H and O–H groups in total. The zero-order valence-electron chi connectivity index (χ0n) is 25.2. The average molecular weight is 554 g/mol. The van der Waals surface area contributed by atoms with Gasteiger partial charge in [0.15, 0.2) is 0 Å². The number of hydrogen-bond acceptors (Lipinski definition) is 1. The molecule has 8 rings (SSSR count). The summed E-state index contributed by atoms with van der Waals surface area (Å²) in [6.45, 7) is 9.53. The largest absolute Gasteiger partial charge is 0.309 e. The van der Waals surface area contributed by atoms with Gasteiger partial charge in [0.2, 0.25) is 0 Å². The summed E-state index contributed by atoms with van der Waals surface area (Å²) in [4.78, 5) is 2.53. The fraction of sp³-hybridized carbons (Fsp3) is 0.143. The number of rotatable bonds is 3. The number of hydrogen-bond donors (Lipinski definition) is 0. The number of fused-ring (bicyclic) bond motifs is 4. The van der Waals surface area contributed by atoms with Gasteiger partial charge < -0.3 is 4.90 Å². The molecule has 0 aliphatic carbocycles. The van der Waals surface area contributed by atoms with Crippen LogP contribution in [0.3, 0.4) is 0 Å². The van der Waals surface area contributed by atoms with Gasteiger partial charge in [0.25, 0.3) is 0 Å². The Balaban J connectivity index is 1.35. The highest BCUT2D eigenvalue weighted by Crippen LogP contribution is 2.60. The predicted molar refractivity (Wildman–Crippen MR) is 182 cm³/mol. The molecule has 2 aliphatic heterocycles. The minimum absolute atomic E-state index is 0.0717. The summed E-state index contributed by atoms with van der Waals surface area (Å²) in [5, 5.41) is 0. The van der Waals surface area contributed by atoms with E-state index >= 15 is 0 Å². The van der Waals surface area contributed by atoms with Crippen LogP contribution in [0.1, 0.15) is 49.9 Å². The Morgan fingerprint density at radius 1 is 0.349 bits per heavy atom. The zero-order valence-corrected chi connectivity index (χ0v) is 25.2. The molecule has 0 aromatic heterocycles. The summed E-state index contributed by atoms with van der Waals surface area (Å²) in [5.74, 6) is 0. The number of para-hydroxylation sites is 2. The second-order valence-corrected chi connectivity index (χ2v) is 13.1. The van der Waals surface area contributed by atoms with Crippen LogP contribution in [-0.2, 0) is 10.8 Å². The second kappa shape index (κ2) is 9.31. The standard InChI is InChI=1S/C42H35N/c1-41(2)34-18-11-12-21-38(34)43-39-23-22-30(27-37(39)42(3,4)36-20-13-19-35(41)40(36)43)33-25-31(28-14-7-5-8-15-28)24-32(26-33)29-16-9-6-10-17-29/h5-27H,1-4H3. The van der Waals surface area contributed by atoms with Gasteiger partial charge in [-0.3, -0.25) is 0 Å². The molecule has 0 saturated carbocycles. The monoisotopic (exact) mass is 553 g/mol. The van der Waals surface area contributed by atoms with E-state index in [1.807, 2.05) is 0 Å². The van der Waals surface area contributed by atoms with Crippen molar-refractivity contribution >= 4 is 17.1 Å². The molecule has 0 fully saturated rings. The Bertz CT molecular complexity index is 1960. The highest BCUT2D eigenvalue weighted by atomic mass is 15.2. The van der Waals surface area contributed by atoms with E-state index in [-0.39, 0.29) is 10.8 Å². The van der Waals surface area contributed by atoms with Crippen LogP contribution in [0.4, 0.5) is 17.1 Å². The Labute approximate surface area is 255 Å². The van der Waals surface area contributed by atoms with Gasteiger partial charge in [0.05, 0.1) is 17.1 Å². The van der Waals surface area contributed by atoms with Crippen LogP contribution < -0.4 is 4.90 Å². The lowest BCUT2D eigenvalue weighted by molar-refractivity contribution is 0.597. The van der Waals surface area contributed by atoms with Crippen LogP contribution >= 0.6 is 0 Å². The van der Waals surface area contributed by atoms with Gasteiger partial charge in [-0.2, -0.15) is 0 Å². The lowest BCUT2D eigenvalue weighted by Gasteiger charge is -2.49. The second-order valence-electron chi connectivity index (χ2n) is 13.1. The van der Waals surface area contributed by atoms with E-state index in [0.717, 1.165) is 0 Å². The maximum Gasteiger partial charge on any atom is 0.0543 e. The van der Waals surface area contributed by atoms with Gasteiger partial charge in [0.1, 0.15) is 0 Å². The van der Waals surface area contributed by atoms with Gasteiger partial charge in [-0.05, 0) is 92.0 Å². The molecule has 0 atom stereocenters. The molecule has 0 spiro atoms. The van der Waals surface area contributed by atoms with Crippen molar-refractivity contribution in [2.75, 3.05) is 4.90 Å². The van der Waals surface area contributed by atoms with Crippen LogP contribution in [-0.4, -0.2) is 0 Å². The normalized spacial score (nSPS) is 15.3. The molecule has 6 aromatic rings. The first-order chi connectivity index (χ1) is 20.8. The third-order valence-corrected chi connectivity index (χ3v) is 9.82. The van der Waals surface area contributed by atoms with Crippen molar-refractivity contribution in [2.24, 2.45) is 0 Å². The van der Waals surface area contributed by atoms with E-state index in [1.54, 1.807) is 0 Å². The van der Waals surface area contributed by atoms with E-state index in [9.17, 15) is 0 Å². The Morgan fingerprint density at radius 2 is 0.814 bits per heavy atom. The lowest BCUT2D eigenvalue weighted by Crippen LogP contribution is -2.38. The third kappa shape index (κ3) is 3.85. The van der Waals surface area contributed by atoms with Crippen LogP contribution in [0.25, 0.3) is 33.4 Å². The first kappa shape index (κ1) is 25.8. The molecule has 1 heteroatoms. The van der Waals surface area contributed by atoms with Crippen molar-refractivity contribution in [3.8, 4) is 33.4 Å². The Kier molecular flexibility index (Phi) is 5.59. The molecule has 6 aromatic carbocycles. The van der Waals surface area contributed by atoms with Crippen LogP contribution in [0.15, 0.2) is 140 Å². The summed E-state index contributed by atoms with van der Waals surface area (Å²) in [6.07, 6.45) is 0. The maximum absolute atomic E-state index is 2.53. The molecule has 2 aliphatic rings. The SMILES string of the molecule is CC1(C)c2ccccc2N2c3ccc(-c4cc(-c5ccccc5)cc(-c5ccccc5)c4)cc3C(C)(C)c3cccc1c32. The summed E-state index contributed by atoms with van der Waals surface area (Å²) < 4.78 is 0. The van der Waals surface area contributed by atoms with Gasteiger partial charge in [-0.1, -0.05) is 131 Å². The predicted octanol–water partition coefficient (Wildman–Crippen LogP) is 11.4. The minimum Gasteiger partial charge on any atom is -0.309 e. The van der Waals surface area contributed by atoms with Crippen LogP contribution in [0.2, 0.25) is 0 Å². The number of anilines is 3. The average Bonchev–Trinajstić information content (AvgIpc) is 3.05. The molecule has 0 unspecified atom stereocenters. The summed E-state index contributed by atoms with van der Waals surface area (Å²) in [5.41, 5.74) is 16.6. The first-order valence-electron chi connectivity index (χ1n) is 15.3. The van der Waals surface area contributed by atoms with E-state index < -0.39 is 0 Å². The molecule has 0 saturated heterocycles. The molecule has 2 heterocycles. The zero-order chi connectivity index (χ0) is 29.3. The topological polar surface area (TPSA) is 3.24 Å². The highest BCUT2D eigenvalue weighted by Gasteiger charge is 2.45. The smallest absolute Gasteiger partial charge is 0.0543 e.